The quantitative estimate of drug-likeness (QED) is 0.708. The lowest BCUT2D eigenvalue weighted by molar-refractivity contribution is -0.139. The molecule has 1 aromatic carbocycles. The molecule has 0 aromatic heterocycles. The van der Waals surface area contributed by atoms with Gasteiger partial charge in [-0.25, -0.2) is 4.79 Å². The van der Waals surface area contributed by atoms with Gasteiger partial charge in [-0.2, -0.15) is 0 Å². The number of amides is 3. The maximum atomic E-state index is 13.0. The number of likely N-dealkylation sites (tertiary alicyclic amines) is 1. The number of hydrogen-bond acceptors (Lipinski definition) is 4. The van der Waals surface area contributed by atoms with Crippen molar-refractivity contribution < 1.29 is 19.1 Å². The smallest absolute Gasteiger partial charge is 0.410 e. The lowest BCUT2D eigenvalue weighted by atomic mass is 9.96. The lowest BCUT2D eigenvalue weighted by Crippen LogP contribution is -2.49. The summed E-state index contributed by atoms with van der Waals surface area (Å²) < 4.78 is 5.42. The number of hydrogen-bond donors (Lipinski definition) is 1. The Balaban J connectivity index is 1.99. The molecule has 3 amide bonds. The van der Waals surface area contributed by atoms with Gasteiger partial charge < -0.3 is 19.9 Å². The summed E-state index contributed by atoms with van der Waals surface area (Å²) in [6.45, 7) is 8.30. The van der Waals surface area contributed by atoms with Crippen molar-refractivity contribution >= 4 is 46.8 Å². The summed E-state index contributed by atoms with van der Waals surface area (Å²) in [5.41, 5.74) is -0.273. The normalized spacial score (nSPS) is 16.7. The highest BCUT2D eigenvalue weighted by Gasteiger charge is 2.33. The Hall–Kier alpha value is -1.99. The second-order valence-electron chi connectivity index (χ2n) is 8.26. The number of carbonyl (C=O) groups is 3. The van der Waals surface area contributed by atoms with Crippen molar-refractivity contribution in [3.63, 3.8) is 0 Å². The van der Waals surface area contributed by atoms with Crippen LogP contribution >= 0.6 is 23.2 Å². The number of carbonyl (C=O) groups excluding carboxylic acids is 3. The van der Waals surface area contributed by atoms with Crippen LogP contribution < -0.4 is 5.32 Å². The van der Waals surface area contributed by atoms with Gasteiger partial charge in [0.1, 0.15) is 5.60 Å². The molecule has 1 aliphatic rings. The third-order valence-corrected chi connectivity index (χ3v) is 5.31. The molecule has 166 valence electrons. The third kappa shape index (κ3) is 6.77. The van der Waals surface area contributed by atoms with Crippen LogP contribution in [0.15, 0.2) is 18.2 Å². The summed E-state index contributed by atoms with van der Waals surface area (Å²) in [6, 6.07) is 4.93. The number of nitrogens with zero attached hydrogens (tertiary/aromatic N) is 2. The van der Waals surface area contributed by atoms with Gasteiger partial charge in [-0.3, -0.25) is 9.59 Å². The fourth-order valence-corrected chi connectivity index (χ4v) is 3.74. The van der Waals surface area contributed by atoms with Crippen molar-refractivity contribution in [2.45, 2.75) is 46.1 Å². The minimum absolute atomic E-state index is 0.125. The Labute approximate surface area is 187 Å². The molecule has 0 saturated carbocycles. The highest BCUT2D eigenvalue weighted by molar-refractivity contribution is 6.39. The van der Waals surface area contributed by atoms with Crippen LogP contribution in [-0.4, -0.2) is 59.5 Å². The zero-order chi connectivity index (χ0) is 22.5. The Morgan fingerprint density at radius 1 is 1.23 bits per heavy atom. The molecule has 0 spiro atoms. The average molecular weight is 458 g/mol. The number of nitrogens with one attached hydrogen (secondary N) is 1. The van der Waals surface area contributed by atoms with Crippen molar-refractivity contribution in [1.82, 2.24) is 9.80 Å². The second kappa shape index (κ2) is 10.4. The molecule has 1 unspecified atom stereocenters. The van der Waals surface area contributed by atoms with Gasteiger partial charge in [0.2, 0.25) is 11.8 Å². The van der Waals surface area contributed by atoms with Crippen molar-refractivity contribution in [1.29, 1.82) is 0 Å². The summed E-state index contributed by atoms with van der Waals surface area (Å²) in [5, 5.41) is 3.32. The molecule has 1 atom stereocenters. The molecular formula is C21H29Cl2N3O4. The monoisotopic (exact) mass is 457 g/mol. The van der Waals surface area contributed by atoms with E-state index < -0.39 is 11.7 Å². The fourth-order valence-electron chi connectivity index (χ4n) is 3.24. The standard InChI is InChI=1S/C21H29Cl2N3O4/c1-5-25(13-17(27)24-18-15(22)9-6-10-16(18)23)19(28)14-8-7-11-26(12-14)20(29)30-21(2,3)4/h6,9-10,14H,5,7-8,11-13H2,1-4H3,(H,24,27). The first kappa shape index (κ1) is 24.3. The van der Waals surface area contributed by atoms with Crippen molar-refractivity contribution in [2.24, 2.45) is 5.92 Å². The van der Waals surface area contributed by atoms with Gasteiger partial charge in [0.05, 0.1) is 28.2 Å². The van der Waals surface area contributed by atoms with E-state index in [1.54, 1.807) is 43.9 Å². The summed E-state index contributed by atoms with van der Waals surface area (Å²) >= 11 is 12.2. The third-order valence-electron chi connectivity index (χ3n) is 4.68. The number of ether oxygens (including phenoxy) is 1. The molecule has 1 heterocycles. The Morgan fingerprint density at radius 3 is 2.43 bits per heavy atom. The SMILES string of the molecule is CCN(CC(=O)Nc1c(Cl)cccc1Cl)C(=O)C1CCCN(C(=O)OC(C)(C)C)C1. The molecule has 1 aliphatic heterocycles. The number of halogens is 2. The van der Waals surface area contributed by atoms with Crippen molar-refractivity contribution in [2.75, 3.05) is 31.5 Å². The number of likely N-dealkylation sites (N-methyl/N-ethyl adjacent to an activating group) is 1. The largest absolute Gasteiger partial charge is 0.444 e. The van der Waals surface area contributed by atoms with E-state index in [0.717, 1.165) is 0 Å². The maximum Gasteiger partial charge on any atom is 0.410 e. The van der Waals surface area contributed by atoms with Gasteiger partial charge in [-0.1, -0.05) is 29.3 Å². The van der Waals surface area contributed by atoms with Crippen LogP contribution in [0.5, 0.6) is 0 Å². The Bertz CT molecular complexity index is 775. The van der Waals surface area contributed by atoms with Crippen molar-refractivity contribution in [3.05, 3.63) is 28.2 Å². The van der Waals surface area contributed by atoms with Gasteiger partial charge in [-0.05, 0) is 52.7 Å². The predicted molar refractivity (Wildman–Crippen MR) is 118 cm³/mol. The van der Waals surface area contributed by atoms with Crippen LogP contribution in [0.4, 0.5) is 10.5 Å². The van der Waals surface area contributed by atoms with E-state index in [2.05, 4.69) is 5.32 Å². The first-order valence-corrected chi connectivity index (χ1v) is 10.8. The summed E-state index contributed by atoms with van der Waals surface area (Å²) in [4.78, 5) is 40.9. The molecule has 1 fully saturated rings. The first-order chi connectivity index (χ1) is 14.0. The van der Waals surface area contributed by atoms with E-state index in [4.69, 9.17) is 27.9 Å². The Morgan fingerprint density at radius 2 is 1.87 bits per heavy atom. The van der Waals surface area contributed by atoms with Gasteiger partial charge in [-0.15, -0.1) is 0 Å². The van der Waals surface area contributed by atoms with Gasteiger partial charge in [0.25, 0.3) is 0 Å². The minimum atomic E-state index is -0.596. The first-order valence-electron chi connectivity index (χ1n) is 10.0. The highest BCUT2D eigenvalue weighted by Crippen LogP contribution is 2.29. The molecule has 1 aromatic rings. The van der Waals surface area contributed by atoms with Gasteiger partial charge >= 0.3 is 6.09 Å². The Kier molecular flexibility index (Phi) is 8.38. The van der Waals surface area contributed by atoms with Crippen molar-refractivity contribution in [3.8, 4) is 0 Å². The van der Waals surface area contributed by atoms with E-state index in [1.165, 1.54) is 4.90 Å². The minimum Gasteiger partial charge on any atom is -0.444 e. The maximum absolute atomic E-state index is 13.0. The van der Waals surface area contributed by atoms with Crippen LogP contribution in [0, 0.1) is 5.92 Å². The molecule has 0 radical (unpaired) electrons. The van der Waals surface area contributed by atoms with Crippen LogP contribution in [0.3, 0.4) is 0 Å². The fraction of sp³-hybridized carbons (Fsp3) is 0.571. The molecule has 1 N–H and O–H groups in total. The van der Waals surface area contributed by atoms with Gasteiger partial charge in [0.15, 0.2) is 0 Å². The molecule has 0 bridgehead atoms. The summed E-state index contributed by atoms with van der Waals surface area (Å²) in [6.07, 6.45) is 0.940. The zero-order valence-corrected chi connectivity index (χ0v) is 19.3. The predicted octanol–water partition coefficient (Wildman–Crippen LogP) is 4.43. The topological polar surface area (TPSA) is 79.0 Å². The molecular weight excluding hydrogens is 429 g/mol. The van der Waals surface area contributed by atoms with E-state index >= 15 is 0 Å². The zero-order valence-electron chi connectivity index (χ0n) is 17.8. The summed E-state index contributed by atoms with van der Waals surface area (Å²) in [7, 11) is 0. The molecule has 1 saturated heterocycles. The number of anilines is 1. The number of benzene rings is 1. The number of rotatable bonds is 5. The second-order valence-corrected chi connectivity index (χ2v) is 9.08. The van der Waals surface area contributed by atoms with Gasteiger partial charge in [0, 0.05) is 19.6 Å². The number of para-hydroxylation sites is 1. The molecule has 30 heavy (non-hydrogen) atoms. The van der Waals surface area contributed by atoms with Crippen LogP contribution in [0.1, 0.15) is 40.5 Å². The molecule has 9 heteroatoms. The molecule has 2 rings (SSSR count). The average Bonchev–Trinajstić information content (AvgIpc) is 2.67. The molecule has 7 nitrogen and oxygen atoms in total. The van der Waals surface area contributed by atoms with Crippen LogP contribution in [0.25, 0.3) is 0 Å². The van der Waals surface area contributed by atoms with E-state index in [0.29, 0.717) is 41.7 Å². The van der Waals surface area contributed by atoms with E-state index in [-0.39, 0.29) is 30.8 Å². The lowest BCUT2D eigenvalue weighted by Gasteiger charge is -2.35. The molecule has 0 aliphatic carbocycles. The van der Waals surface area contributed by atoms with E-state index in [1.807, 2.05) is 6.92 Å². The highest BCUT2D eigenvalue weighted by atomic mass is 35.5. The summed E-state index contributed by atoms with van der Waals surface area (Å²) in [5.74, 6) is -0.922. The van der Waals surface area contributed by atoms with Crippen LogP contribution in [0.2, 0.25) is 10.0 Å². The van der Waals surface area contributed by atoms with E-state index in [9.17, 15) is 14.4 Å². The number of piperidine rings is 1. The van der Waals surface area contributed by atoms with Crippen LogP contribution in [-0.2, 0) is 14.3 Å².